The molecule has 9 aromatic carbocycles. The Morgan fingerprint density at radius 1 is 0.449 bits per heavy atom. The molecule has 0 unspecified atom stereocenters. The fourth-order valence-electron chi connectivity index (χ4n) is 14.7. The molecule has 0 fully saturated rings. The molecule has 2 aliphatic carbocycles. The van der Waals surface area contributed by atoms with Gasteiger partial charge >= 0.3 is 6.85 Å². The van der Waals surface area contributed by atoms with Crippen molar-refractivity contribution >= 4 is 72.4 Å². The van der Waals surface area contributed by atoms with Gasteiger partial charge in [0.25, 0.3) is 0 Å². The van der Waals surface area contributed by atoms with Gasteiger partial charge in [0, 0.05) is 64.8 Å². The van der Waals surface area contributed by atoms with Gasteiger partial charge in [0.2, 0.25) is 0 Å². The van der Waals surface area contributed by atoms with Gasteiger partial charge in [-0.3, -0.25) is 0 Å². The van der Waals surface area contributed by atoms with Gasteiger partial charge in [-0.25, -0.2) is 0 Å². The second-order valence-electron chi connectivity index (χ2n) is 27.3. The third-order valence-electron chi connectivity index (χ3n) is 18.8. The molecule has 2 aromatic heterocycles. The average molecular weight is 1030 g/mol. The molecule has 4 aliphatic rings. The second-order valence-corrected chi connectivity index (χ2v) is 28.4. The summed E-state index contributed by atoms with van der Waals surface area (Å²) in [7, 11) is 0. The van der Waals surface area contributed by atoms with Gasteiger partial charge in [0.1, 0.15) is 0 Å². The smallest absolute Gasteiger partial charge is 0.333 e. The van der Waals surface area contributed by atoms with Gasteiger partial charge in [0.05, 0.1) is 11.0 Å². The summed E-state index contributed by atoms with van der Waals surface area (Å²) in [5.74, 6) is 0. The molecule has 15 rings (SSSR count). The molecule has 11 aromatic rings. The lowest BCUT2D eigenvalue weighted by Gasteiger charge is -2.44. The Kier molecular flexibility index (Phi) is 9.60. The van der Waals surface area contributed by atoms with Crippen molar-refractivity contribution in [2.75, 3.05) is 4.81 Å². The van der Waals surface area contributed by atoms with Crippen molar-refractivity contribution in [2.24, 2.45) is 0 Å². The van der Waals surface area contributed by atoms with Gasteiger partial charge in [-0.05, 0) is 154 Å². The first kappa shape index (κ1) is 47.8. The SMILES string of the molecule is CC(C)(C)c1ccc(N2B3c4cc5sc(-c6ccccc6)c(-c6ccccc6)c5cc4-n4c5ccc(C(C)(C)C)cc5c5c6c(c(c3c54)-c3cc4c(cc32)C(C)(C)c2ccc(C(C)(C)C)cc2-4)-c2ccccc2C6(C)C)cc1. The van der Waals surface area contributed by atoms with E-state index < -0.39 is 0 Å². The maximum Gasteiger partial charge on any atom is 0.333 e. The number of benzene rings is 9. The van der Waals surface area contributed by atoms with Crippen molar-refractivity contribution in [1.82, 2.24) is 4.57 Å². The molecule has 0 N–H and O–H groups in total. The van der Waals surface area contributed by atoms with E-state index in [1.165, 1.54) is 154 Å². The van der Waals surface area contributed by atoms with E-state index in [0.717, 1.165) is 0 Å². The number of hydrogen-bond acceptors (Lipinski definition) is 2. The minimum Gasteiger partial charge on any atom is -0.376 e. The first-order valence-corrected chi connectivity index (χ1v) is 29.2. The lowest BCUT2D eigenvalue weighted by Crippen LogP contribution is -2.60. The quantitative estimate of drug-likeness (QED) is 0.160. The molecule has 0 atom stereocenters. The zero-order valence-electron chi connectivity index (χ0n) is 47.5. The summed E-state index contributed by atoms with van der Waals surface area (Å²) in [4.78, 5) is 4.10. The predicted octanol–water partition coefficient (Wildman–Crippen LogP) is 19.1. The van der Waals surface area contributed by atoms with Gasteiger partial charge in [-0.15, -0.1) is 11.3 Å². The summed E-state index contributed by atoms with van der Waals surface area (Å²) < 4.78 is 4.04. The number of anilines is 2. The van der Waals surface area contributed by atoms with Crippen LogP contribution in [0.3, 0.4) is 0 Å². The Bertz CT molecular complexity index is 4410. The van der Waals surface area contributed by atoms with Crippen LogP contribution < -0.4 is 15.7 Å². The fourth-order valence-corrected chi connectivity index (χ4v) is 16.0. The van der Waals surface area contributed by atoms with Crippen molar-refractivity contribution in [2.45, 2.75) is 117 Å². The van der Waals surface area contributed by atoms with Crippen molar-refractivity contribution in [1.29, 1.82) is 0 Å². The summed E-state index contributed by atoms with van der Waals surface area (Å²) in [6, 6.07) is 66.7. The molecular formula is C74H67BN2S. The Morgan fingerprint density at radius 2 is 1.05 bits per heavy atom. The molecular weight excluding hydrogens is 960 g/mol. The lowest BCUT2D eigenvalue weighted by atomic mass is 9.43. The fraction of sp³-hybridized carbons (Fsp3) is 0.243. The highest BCUT2D eigenvalue weighted by Crippen LogP contribution is 2.61. The van der Waals surface area contributed by atoms with Gasteiger partial charge < -0.3 is 9.38 Å². The largest absolute Gasteiger partial charge is 0.376 e. The highest BCUT2D eigenvalue weighted by molar-refractivity contribution is 7.23. The molecule has 4 heteroatoms. The standard InChI is InChI=1S/C74H67BN2S/c1-70(2,3)44-28-32-47(33-29-44)77-59-40-56-50(49-36-45(71(4,5)6)30-34-55(49)73(56,10)11)38-52(59)64-63-48-26-20-21-27-54(48)74(12,13)66(63)65-51-37-46(72(7,8)9)31-35-58(51)76-60-39-53-61(41-57(60)75(77)67(64)68(65)76)78-69(43-24-18-15-19-25-43)62(53)42-22-16-14-17-23-42/h14-41H,1-13H3. The molecule has 0 saturated heterocycles. The first-order chi connectivity index (χ1) is 37.1. The molecule has 0 radical (unpaired) electrons. The number of rotatable bonds is 3. The zero-order valence-corrected chi connectivity index (χ0v) is 48.4. The molecule has 2 aliphatic heterocycles. The summed E-state index contributed by atoms with van der Waals surface area (Å²) in [5, 5.41) is 4.04. The molecule has 0 bridgehead atoms. The average Bonchev–Trinajstić information content (AvgIpc) is 4.16. The van der Waals surface area contributed by atoms with E-state index in [0.29, 0.717) is 0 Å². The van der Waals surface area contributed by atoms with E-state index >= 15 is 0 Å². The summed E-state index contributed by atoms with van der Waals surface area (Å²) >= 11 is 1.95. The van der Waals surface area contributed by atoms with Crippen LogP contribution >= 0.6 is 11.3 Å². The van der Waals surface area contributed by atoms with E-state index in [2.05, 4.69) is 269 Å². The van der Waals surface area contributed by atoms with E-state index in [9.17, 15) is 0 Å². The van der Waals surface area contributed by atoms with Crippen molar-refractivity contribution in [3.63, 3.8) is 0 Å². The highest BCUT2D eigenvalue weighted by atomic mass is 32.1. The molecule has 0 amide bonds. The molecule has 78 heavy (non-hydrogen) atoms. The summed E-state index contributed by atoms with van der Waals surface area (Å²) in [6.45, 7) is 30.9. The summed E-state index contributed by atoms with van der Waals surface area (Å²) in [5.41, 5.74) is 30.3. The molecule has 0 saturated carbocycles. The normalized spacial score (nSPS) is 15.4. The summed E-state index contributed by atoms with van der Waals surface area (Å²) in [6.07, 6.45) is 0. The van der Waals surface area contributed by atoms with Crippen LogP contribution in [0.15, 0.2) is 170 Å². The molecule has 4 heterocycles. The predicted molar refractivity (Wildman–Crippen MR) is 337 cm³/mol. The van der Waals surface area contributed by atoms with Gasteiger partial charge in [-0.1, -0.05) is 211 Å². The Balaban J connectivity index is 1.17. The first-order valence-electron chi connectivity index (χ1n) is 28.4. The van der Waals surface area contributed by atoms with Gasteiger partial charge in [0.15, 0.2) is 0 Å². The third-order valence-corrected chi connectivity index (χ3v) is 20.0. The molecule has 382 valence electrons. The van der Waals surface area contributed by atoms with E-state index in [1.807, 2.05) is 11.3 Å². The molecule has 0 spiro atoms. The third kappa shape index (κ3) is 6.38. The van der Waals surface area contributed by atoms with Crippen molar-refractivity contribution in [3.05, 3.63) is 209 Å². The van der Waals surface area contributed by atoms with Crippen molar-refractivity contribution in [3.8, 4) is 60.6 Å². The monoisotopic (exact) mass is 1030 g/mol. The lowest BCUT2D eigenvalue weighted by molar-refractivity contribution is 0.589. The number of fused-ring (bicyclic) bond motifs is 17. The molecule has 2 nitrogen and oxygen atoms in total. The Morgan fingerprint density at radius 3 is 1.74 bits per heavy atom. The second kappa shape index (κ2) is 15.7. The van der Waals surface area contributed by atoms with E-state index in [-0.39, 0.29) is 33.9 Å². The zero-order chi connectivity index (χ0) is 53.9. The minimum absolute atomic E-state index is 0.00234. The van der Waals surface area contributed by atoms with Crippen LogP contribution in [0.1, 0.15) is 129 Å². The van der Waals surface area contributed by atoms with Crippen LogP contribution in [0.2, 0.25) is 0 Å². The van der Waals surface area contributed by atoms with Crippen LogP contribution in [-0.4, -0.2) is 11.4 Å². The number of aromatic nitrogens is 1. The number of hydrogen-bond donors (Lipinski definition) is 0. The Labute approximate surface area is 465 Å². The van der Waals surface area contributed by atoms with Crippen LogP contribution in [-0.2, 0) is 27.1 Å². The van der Waals surface area contributed by atoms with Gasteiger partial charge in [-0.2, -0.15) is 0 Å². The van der Waals surface area contributed by atoms with Crippen LogP contribution in [0.25, 0.3) is 92.5 Å². The van der Waals surface area contributed by atoms with Crippen molar-refractivity contribution < 1.29 is 0 Å². The minimum atomic E-state index is -0.289. The number of thiophene rings is 1. The van der Waals surface area contributed by atoms with E-state index in [1.54, 1.807) is 0 Å². The maximum atomic E-state index is 2.79. The van der Waals surface area contributed by atoms with Crippen LogP contribution in [0, 0.1) is 0 Å². The van der Waals surface area contributed by atoms with Crippen LogP contribution in [0.4, 0.5) is 11.4 Å². The highest BCUT2D eigenvalue weighted by Gasteiger charge is 2.51. The Hall–Kier alpha value is -7.40. The number of nitrogens with zero attached hydrogens (tertiary/aromatic N) is 2. The topological polar surface area (TPSA) is 8.17 Å². The van der Waals surface area contributed by atoms with E-state index in [4.69, 9.17) is 0 Å². The van der Waals surface area contributed by atoms with Crippen LogP contribution in [0.5, 0.6) is 0 Å². The maximum absolute atomic E-state index is 2.79.